The fourth-order valence-electron chi connectivity index (χ4n) is 2.24. The lowest BCUT2D eigenvalue weighted by atomic mass is 9.91. The molecule has 0 radical (unpaired) electrons. The molecule has 16 heavy (non-hydrogen) atoms. The van der Waals surface area contributed by atoms with Gasteiger partial charge in [-0.25, -0.2) is 0 Å². The minimum absolute atomic E-state index is 0.455. The molecule has 0 aromatic heterocycles. The van der Waals surface area contributed by atoms with Crippen molar-refractivity contribution in [2.75, 3.05) is 13.1 Å². The Morgan fingerprint density at radius 2 is 1.81 bits per heavy atom. The zero-order chi connectivity index (χ0) is 11.6. The van der Waals surface area contributed by atoms with Crippen LogP contribution in [0.2, 0.25) is 0 Å². The second-order valence-electron chi connectivity index (χ2n) is 6.11. The standard InChI is InChI=1S/C15H23N/c1-15(2,3)9-11-16-10-8-13-6-4-5-7-14(13)12-16/h4-7H,8-12H2,1-3H3. The SMILES string of the molecule is CC(C)(C)CCN1CCc2ccccc2C1. The Morgan fingerprint density at radius 1 is 1.12 bits per heavy atom. The van der Waals surface area contributed by atoms with Gasteiger partial charge in [-0.1, -0.05) is 45.0 Å². The van der Waals surface area contributed by atoms with E-state index >= 15 is 0 Å². The monoisotopic (exact) mass is 217 g/mol. The summed E-state index contributed by atoms with van der Waals surface area (Å²) in [7, 11) is 0. The van der Waals surface area contributed by atoms with Crippen LogP contribution < -0.4 is 0 Å². The average Bonchev–Trinajstić information content (AvgIpc) is 2.25. The van der Waals surface area contributed by atoms with E-state index in [0.29, 0.717) is 5.41 Å². The molecular formula is C15H23N. The van der Waals surface area contributed by atoms with Crippen LogP contribution in [0, 0.1) is 5.41 Å². The topological polar surface area (TPSA) is 3.24 Å². The Labute approximate surface area is 99.5 Å². The van der Waals surface area contributed by atoms with Gasteiger partial charge in [0.2, 0.25) is 0 Å². The summed E-state index contributed by atoms with van der Waals surface area (Å²) in [6, 6.07) is 8.87. The fraction of sp³-hybridized carbons (Fsp3) is 0.600. The van der Waals surface area contributed by atoms with Crippen molar-refractivity contribution in [1.29, 1.82) is 0 Å². The van der Waals surface area contributed by atoms with Gasteiger partial charge in [0.25, 0.3) is 0 Å². The minimum atomic E-state index is 0.455. The molecule has 1 nitrogen and oxygen atoms in total. The molecule has 2 rings (SSSR count). The third kappa shape index (κ3) is 3.08. The molecule has 1 aromatic carbocycles. The average molecular weight is 217 g/mol. The third-order valence-electron chi connectivity index (χ3n) is 3.39. The van der Waals surface area contributed by atoms with E-state index in [0.717, 1.165) is 6.54 Å². The van der Waals surface area contributed by atoms with Crippen LogP contribution in [-0.2, 0) is 13.0 Å². The molecule has 0 saturated carbocycles. The van der Waals surface area contributed by atoms with E-state index in [9.17, 15) is 0 Å². The van der Waals surface area contributed by atoms with Crippen LogP contribution in [0.1, 0.15) is 38.3 Å². The molecule has 0 unspecified atom stereocenters. The predicted octanol–water partition coefficient (Wildman–Crippen LogP) is 3.48. The number of fused-ring (bicyclic) bond motifs is 1. The van der Waals surface area contributed by atoms with Gasteiger partial charge in [0, 0.05) is 13.1 Å². The van der Waals surface area contributed by atoms with E-state index in [1.807, 2.05) is 0 Å². The van der Waals surface area contributed by atoms with Gasteiger partial charge in [-0.05, 0) is 35.9 Å². The first kappa shape index (κ1) is 11.7. The minimum Gasteiger partial charge on any atom is -0.299 e. The lowest BCUT2D eigenvalue weighted by molar-refractivity contribution is 0.213. The number of hydrogen-bond acceptors (Lipinski definition) is 1. The molecule has 0 atom stereocenters. The van der Waals surface area contributed by atoms with Crippen molar-refractivity contribution >= 4 is 0 Å². The van der Waals surface area contributed by atoms with Crippen molar-refractivity contribution in [2.45, 2.75) is 40.2 Å². The number of benzene rings is 1. The number of nitrogens with zero attached hydrogens (tertiary/aromatic N) is 1. The van der Waals surface area contributed by atoms with Crippen molar-refractivity contribution in [2.24, 2.45) is 5.41 Å². The molecule has 1 aliphatic heterocycles. The third-order valence-corrected chi connectivity index (χ3v) is 3.39. The van der Waals surface area contributed by atoms with Crippen LogP contribution in [0.3, 0.4) is 0 Å². The second-order valence-corrected chi connectivity index (χ2v) is 6.11. The molecule has 0 bridgehead atoms. The summed E-state index contributed by atoms with van der Waals surface area (Å²) in [5.41, 5.74) is 3.54. The highest BCUT2D eigenvalue weighted by atomic mass is 15.1. The molecule has 1 heterocycles. The van der Waals surface area contributed by atoms with Crippen LogP contribution in [0.4, 0.5) is 0 Å². The van der Waals surface area contributed by atoms with Gasteiger partial charge in [0.15, 0.2) is 0 Å². The summed E-state index contributed by atoms with van der Waals surface area (Å²) in [6.45, 7) is 10.6. The van der Waals surface area contributed by atoms with Gasteiger partial charge in [0.1, 0.15) is 0 Å². The van der Waals surface area contributed by atoms with Crippen molar-refractivity contribution in [3.05, 3.63) is 35.4 Å². The maximum absolute atomic E-state index is 2.59. The van der Waals surface area contributed by atoms with Crippen molar-refractivity contribution < 1.29 is 0 Å². The molecular weight excluding hydrogens is 194 g/mol. The Bertz CT molecular complexity index is 349. The maximum atomic E-state index is 2.59. The molecule has 1 aromatic rings. The summed E-state index contributed by atoms with van der Waals surface area (Å²) in [5.74, 6) is 0. The first-order chi connectivity index (χ1) is 7.54. The van der Waals surface area contributed by atoms with Gasteiger partial charge in [-0.15, -0.1) is 0 Å². The van der Waals surface area contributed by atoms with Gasteiger partial charge < -0.3 is 0 Å². The lowest BCUT2D eigenvalue weighted by Gasteiger charge is -2.31. The molecule has 0 saturated heterocycles. The first-order valence-electron chi connectivity index (χ1n) is 6.34. The highest BCUT2D eigenvalue weighted by molar-refractivity contribution is 5.28. The zero-order valence-electron chi connectivity index (χ0n) is 10.8. The van der Waals surface area contributed by atoms with E-state index in [1.54, 1.807) is 5.56 Å². The van der Waals surface area contributed by atoms with Crippen molar-refractivity contribution in [3.63, 3.8) is 0 Å². The van der Waals surface area contributed by atoms with Gasteiger partial charge >= 0.3 is 0 Å². The van der Waals surface area contributed by atoms with E-state index in [2.05, 4.69) is 49.9 Å². The highest BCUT2D eigenvalue weighted by Crippen LogP contribution is 2.22. The summed E-state index contributed by atoms with van der Waals surface area (Å²) in [6.07, 6.45) is 2.51. The molecule has 0 fully saturated rings. The van der Waals surface area contributed by atoms with E-state index in [-0.39, 0.29) is 0 Å². The quantitative estimate of drug-likeness (QED) is 0.733. The summed E-state index contributed by atoms with van der Waals surface area (Å²) in [4.78, 5) is 2.59. The second kappa shape index (κ2) is 4.58. The largest absolute Gasteiger partial charge is 0.299 e. The Morgan fingerprint density at radius 3 is 2.50 bits per heavy atom. The maximum Gasteiger partial charge on any atom is 0.0236 e. The zero-order valence-corrected chi connectivity index (χ0v) is 10.8. The highest BCUT2D eigenvalue weighted by Gasteiger charge is 2.17. The van der Waals surface area contributed by atoms with Crippen molar-refractivity contribution in [3.8, 4) is 0 Å². The van der Waals surface area contributed by atoms with Gasteiger partial charge in [0.05, 0.1) is 0 Å². The smallest absolute Gasteiger partial charge is 0.0236 e. The summed E-state index contributed by atoms with van der Waals surface area (Å²) >= 11 is 0. The predicted molar refractivity (Wildman–Crippen MR) is 69.5 cm³/mol. The Kier molecular flexibility index (Phi) is 3.34. The van der Waals surface area contributed by atoms with Crippen LogP contribution >= 0.6 is 0 Å². The summed E-state index contributed by atoms with van der Waals surface area (Å²) < 4.78 is 0. The number of hydrogen-bond donors (Lipinski definition) is 0. The molecule has 0 N–H and O–H groups in total. The fourth-order valence-corrected chi connectivity index (χ4v) is 2.24. The lowest BCUT2D eigenvalue weighted by Crippen LogP contribution is -2.32. The molecule has 1 heteroatoms. The van der Waals surface area contributed by atoms with Crippen LogP contribution in [0.15, 0.2) is 24.3 Å². The molecule has 0 spiro atoms. The van der Waals surface area contributed by atoms with Gasteiger partial charge in [-0.2, -0.15) is 0 Å². The van der Waals surface area contributed by atoms with Gasteiger partial charge in [-0.3, -0.25) is 4.90 Å². The molecule has 88 valence electrons. The van der Waals surface area contributed by atoms with Crippen LogP contribution in [0.5, 0.6) is 0 Å². The molecule has 0 amide bonds. The first-order valence-corrected chi connectivity index (χ1v) is 6.34. The van der Waals surface area contributed by atoms with Crippen LogP contribution in [0.25, 0.3) is 0 Å². The molecule has 1 aliphatic rings. The van der Waals surface area contributed by atoms with Crippen LogP contribution in [-0.4, -0.2) is 18.0 Å². The Hall–Kier alpha value is -0.820. The van der Waals surface area contributed by atoms with E-state index in [4.69, 9.17) is 0 Å². The van der Waals surface area contributed by atoms with E-state index < -0.39 is 0 Å². The normalized spacial score (nSPS) is 17.2. The van der Waals surface area contributed by atoms with Crippen molar-refractivity contribution in [1.82, 2.24) is 4.90 Å². The number of rotatable bonds is 2. The Balaban J connectivity index is 1.93. The molecule has 0 aliphatic carbocycles. The summed E-state index contributed by atoms with van der Waals surface area (Å²) in [5, 5.41) is 0. The van der Waals surface area contributed by atoms with E-state index in [1.165, 1.54) is 31.5 Å².